The lowest BCUT2D eigenvalue weighted by atomic mass is 10.1. The van der Waals surface area contributed by atoms with Crippen molar-refractivity contribution >= 4 is 32.4 Å². The van der Waals surface area contributed by atoms with E-state index in [1.165, 1.54) is 12.8 Å². The molecule has 1 aliphatic rings. The van der Waals surface area contributed by atoms with Crippen LogP contribution in [0.4, 0.5) is 0 Å². The normalized spacial score (nSPS) is 14.7. The molecule has 0 unspecified atom stereocenters. The van der Waals surface area contributed by atoms with Crippen LogP contribution in [0.2, 0.25) is 0 Å². The Morgan fingerprint density at radius 1 is 1.21 bits per heavy atom. The van der Waals surface area contributed by atoms with Crippen LogP contribution in [0.15, 0.2) is 48.7 Å². The average molecular weight is 406 g/mol. The van der Waals surface area contributed by atoms with E-state index < -0.39 is 0 Å². The third kappa shape index (κ3) is 3.49. The first-order chi connectivity index (χ1) is 14.2. The van der Waals surface area contributed by atoms with Gasteiger partial charge in [-0.1, -0.05) is 24.2 Å². The molecule has 148 valence electrons. The van der Waals surface area contributed by atoms with Gasteiger partial charge in [-0.2, -0.15) is 0 Å². The van der Waals surface area contributed by atoms with Crippen LogP contribution in [0.25, 0.3) is 26.4 Å². The highest BCUT2D eigenvalue weighted by Gasteiger charge is 2.19. The van der Waals surface area contributed by atoms with Crippen LogP contribution in [0.3, 0.4) is 0 Å². The molecule has 0 bridgehead atoms. The Morgan fingerprint density at radius 2 is 2.00 bits per heavy atom. The summed E-state index contributed by atoms with van der Waals surface area (Å²) in [4.78, 5) is 18.3. The van der Waals surface area contributed by atoms with Gasteiger partial charge in [0, 0.05) is 23.4 Å². The van der Waals surface area contributed by atoms with Gasteiger partial charge in [-0.05, 0) is 62.2 Å². The van der Waals surface area contributed by atoms with Gasteiger partial charge in [-0.15, -0.1) is 0 Å². The average Bonchev–Trinajstić information content (AvgIpc) is 3.44. The summed E-state index contributed by atoms with van der Waals surface area (Å²) >= 11 is 1.61. The fourth-order valence-corrected chi connectivity index (χ4v) is 5.06. The molecule has 2 aromatic heterocycles. The van der Waals surface area contributed by atoms with E-state index in [0.717, 1.165) is 50.6 Å². The Labute approximate surface area is 173 Å². The van der Waals surface area contributed by atoms with Gasteiger partial charge >= 0.3 is 0 Å². The number of carbonyl (C=O) groups excluding carboxylic acids is 1. The Hall–Kier alpha value is -2.86. The summed E-state index contributed by atoms with van der Waals surface area (Å²) in [6.07, 6.45) is 6.66. The lowest BCUT2D eigenvalue weighted by molar-refractivity contribution is 0.0938. The zero-order chi connectivity index (χ0) is 19.8. The molecule has 0 aliphatic heterocycles. The number of imidazole rings is 1. The van der Waals surface area contributed by atoms with Crippen LogP contribution in [-0.2, 0) is 0 Å². The molecule has 0 saturated heterocycles. The summed E-state index contributed by atoms with van der Waals surface area (Å²) in [6.45, 7) is 2.64. The zero-order valence-corrected chi connectivity index (χ0v) is 17.2. The molecule has 0 radical (unpaired) electrons. The molecule has 2 heterocycles. The van der Waals surface area contributed by atoms with Crippen molar-refractivity contribution in [3.8, 4) is 17.0 Å². The molecule has 5 rings (SSSR count). The number of ether oxygens (including phenoxy) is 1. The third-order valence-electron chi connectivity index (χ3n) is 5.51. The van der Waals surface area contributed by atoms with Crippen molar-refractivity contribution in [2.45, 2.75) is 38.6 Å². The van der Waals surface area contributed by atoms with Crippen molar-refractivity contribution in [2.24, 2.45) is 0 Å². The van der Waals surface area contributed by atoms with Crippen molar-refractivity contribution in [3.05, 3.63) is 54.2 Å². The van der Waals surface area contributed by atoms with Crippen molar-refractivity contribution in [1.29, 1.82) is 0 Å². The third-order valence-corrected chi connectivity index (χ3v) is 6.53. The fourth-order valence-electron chi connectivity index (χ4n) is 4.01. The number of nitrogens with one attached hydrogen (secondary N) is 1. The van der Waals surface area contributed by atoms with Gasteiger partial charge in [0.2, 0.25) is 0 Å². The zero-order valence-electron chi connectivity index (χ0n) is 16.4. The van der Waals surface area contributed by atoms with Crippen molar-refractivity contribution in [2.75, 3.05) is 6.61 Å². The monoisotopic (exact) mass is 405 g/mol. The second kappa shape index (κ2) is 7.52. The van der Waals surface area contributed by atoms with Gasteiger partial charge in [0.1, 0.15) is 5.75 Å². The molecule has 1 aliphatic carbocycles. The van der Waals surface area contributed by atoms with Crippen molar-refractivity contribution in [1.82, 2.24) is 14.7 Å². The van der Waals surface area contributed by atoms with E-state index in [2.05, 4.69) is 15.9 Å². The van der Waals surface area contributed by atoms with Crippen LogP contribution >= 0.6 is 11.3 Å². The molecular weight excluding hydrogens is 382 g/mol. The molecule has 1 saturated carbocycles. The molecule has 2 aromatic carbocycles. The SMILES string of the molecule is CCOc1ccc(-c2cn3c(n2)sc2cc(C(=O)NC4CCCC4)ccc23)cc1. The van der Waals surface area contributed by atoms with Gasteiger partial charge < -0.3 is 10.1 Å². The van der Waals surface area contributed by atoms with E-state index in [4.69, 9.17) is 9.72 Å². The number of hydrogen-bond acceptors (Lipinski definition) is 4. The van der Waals surface area contributed by atoms with E-state index in [-0.39, 0.29) is 5.91 Å². The first kappa shape index (κ1) is 18.2. The van der Waals surface area contributed by atoms with Crippen molar-refractivity contribution < 1.29 is 9.53 Å². The van der Waals surface area contributed by atoms with Crippen LogP contribution < -0.4 is 10.1 Å². The highest BCUT2D eigenvalue weighted by molar-refractivity contribution is 7.23. The predicted molar refractivity (Wildman–Crippen MR) is 117 cm³/mol. The molecule has 1 fully saturated rings. The molecule has 0 atom stereocenters. The molecule has 29 heavy (non-hydrogen) atoms. The second-order valence-corrected chi connectivity index (χ2v) is 8.48. The summed E-state index contributed by atoms with van der Waals surface area (Å²) in [5.41, 5.74) is 3.79. The summed E-state index contributed by atoms with van der Waals surface area (Å²) in [6, 6.07) is 14.3. The first-order valence-corrected chi connectivity index (χ1v) is 11.0. The van der Waals surface area contributed by atoms with E-state index in [9.17, 15) is 4.79 Å². The summed E-state index contributed by atoms with van der Waals surface area (Å²) in [5.74, 6) is 0.894. The first-order valence-electron chi connectivity index (χ1n) is 10.2. The molecule has 1 amide bonds. The molecule has 4 aromatic rings. The van der Waals surface area contributed by atoms with Gasteiger partial charge in [-0.3, -0.25) is 9.20 Å². The number of hydrogen-bond donors (Lipinski definition) is 1. The smallest absolute Gasteiger partial charge is 0.251 e. The fraction of sp³-hybridized carbons (Fsp3) is 0.304. The van der Waals surface area contributed by atoms with Crippen LogP contribution in [0, 0.1) is 0 Å². The van der Waals surface area contributed by atoms with Crippen LogP contribution in [0.5, 0.6) is 5.75 Å². The number of thiazole rings is 1. The maximum absolute atomic E-state index is 12.6. The minimum atomic E-state index is 0.0277. The standard InChI is InChI=1S/C23H23N3O2S/c1-2-28-18-10-7-15(8-11-18)19-14-26-20-12-9-16(13-21(20)29-23(26)25-19)22(27)24-17-5-3-4-6-17/h7-14,17H,2-6H2,1H3,(H,24,27). The summed E-state index contributed by atoms with van der Waals surface area (Å²) in [5, 5.41) is 3.16. The number of carbonyl (C=O) groups is 1. The molecule has 5 nitrogen and oxygen atoms in total. The quantitative estimate of drug-likeness (QED) is 0.491. The van der Waals surface area contributed by atoms with E-state index in [1.54, 1.807) is 11.3 Å². The highest BCUT2D eigenvalue weighted by atomic mass is 32.1. The Morgan fingerprint density at radius 3 is 2.76 bits per heavy atom. The van der Waals surface area contributed by atoms with Gasteiger partial charge in [0.25, 0.3) is 5.91 Å². The van der Waals surface area contributed by atoms with E-state index >= 15 is 0 Å². The second-order valence-electron chi connectivity index (χ2n) is 7.48. The highest BCUT2D eigenvalue weighted by Crippen LogP contribution is 2.31. The van der Waals surface area contributed by atoms with E-state index in [1.807, 2.05) is 49.4 Å². The maximum atomic E-state index is 12.6. The maximum Gasteiger partial charge on any atom is 0.251 e. The minimum absolute atomic E-state index is 0.0277. The number of rotatable bonds is 5. The number of benzene rings is 2. The molecule has 0 spiro atoms. The largest absolute Gasteiger partial charge is 0.494 e. The van der Waals surface area contributed by atoms with Crippen LogP contribution in [-0.4, -0.2) is 27.9 Å². The minimum Gasteiger partial charge on any atom is -0.494 e. The molecule has 6 heteroatoms. The number of fused-ring (bicyclic) bond motifs is 3. The van der Waals surface area contributed by atoms with Crippen LogP contribution in [0.1, 0.15) is 43.0 Å². The summed E-state index contributed by atoms with van der Waals surface area (Å²) < 4.78 is 8.69. The summed E-state index contributed by atoms with van der Waals surface area (Å²) in [7, 11) is 0. The number of amides is 1. The predicted octanol–water partition coefficient (Wildman–Crippen LogP) is 5.29. The Bertz CT molecular complexity index is 1170. The van der Waals surface area contributed by atoms with Gasteiger partial charge in [0.05, 0.1) is 22.5 Å². The van der Waals surface area contributed by atoms with Gasteiger partial charge in [0.15, 0.2) is 4.96 Å². The molecular formula is C23H23N3O2S. The topological polar surface area (TPSA) is 55.6 Å². The van der Waals surface area contributed by atoms with Gasteiger partial charge in [-0.25, -0.2) is 4.98 Å². The lowest BCUT2D eigenvalue weighted by Crippen LogP contribution is -2.32. The van der Waals surface area contributed by atoms with E-state index in [0.29, 0.717) is 12.6 Å². The number of nitrogens with zero attached hydrogens (tertiary/aromatic N) is 2. The Kier molecular flexibility index (Phi) is 4.72. The molecule has 1 N–H and O–H groups in total. The van der Waals surface area contributed by atoms with Crippen molar-refractivity contribution in [3.63, 3.8) is 0 Å². The number of aromatic nitrogens is 2. The Balaban J connectivity index is 1.42. The lowest BCUT2D eigenvalue weighted by Gasteiger charge is -2.11.